The molecule has 1 atom stereocenters. The van der Waals surface area contributed by atoms with Gasteiger partial charge in [0.15, 0.2) is 22.5 Å². The molecule has 228 valence electrons. The topological polar surface area (TPSA) is 99.0 Å². The molecular weight excluding hydrogens is 578 g/mol. The van der Waals surface area contributed by atoms with Gasteiger partial charge in [0.25, 0.3) is 5.91 Å². The molecule has 2 amide bonds. The number of unbranched alkanes of at least 4 members (excludes halogenated alkanes) is 1. The van der Waals surface area contributed by atoms with Gasteiger partial charge in [-0.15, -0.1) is 10.2 Å². The molecule has 0 spiro atoms. The molecule has 44 heavy (non-hydrogen) atoms. The molecule has 0 saturated carbocycles. The van der Waals surface area contributed by atoms with Crippen molar-refractivity contribution in [3.05, 3.63) is 78.4 Å². The van der Waals surface area contributed by atoms with Crippen LogP contribution in [0.2, 0.25) is 0 Å². The molecule has 0 radical (unpaired) electrons. The van der Waals surface area contributed by atoms with Gasteiger partial charge in [-0.2, -0.15) is 0 Å². The van der Waals surface area contributed by atoms with Crippen LogP contribution in [0.25, 0.3) is 17.1 Å². The van der Waals surface area contributed by atoms with E-state index in [1.54, 1.807) is 37.1 Å². The number of piperazine rings is 1. The maximum absolute atomic E-state index is 13.2. The Balaban J connectivity index is 1.00. The van der Waals surface area contributed by atoms with E-state index in [-0.39, 0.29) is 24.6 Å². The second kappa shape index (κ2) is 13.4. The molecule has 2 aliphatic heterocycles. The summed E-state index contributed by atoms with van der Waals surface area (Å²) in [7, 11) is 1.65. The van der Waals surface area contributed by atoms with E-state index in [4.69, 9.17) is 14.2 Å². The minimum atomic E-state index is -0.0793. The molecule has 11 heteroatoms. The summed E-state index contributed by atoms with van der Waals surface area (Å²) in [5.41, 5.74) is 2.51. The van der Waals surface area contributed by atoms with Gasteiger partial charge in [-0.05, 0) is 62.2 Å². The van der Waals surface area contributed by atoms with Crippen LogP contribution in [0.1, 0.15) is 36.5 Å². The maximum Gasteiger partial charge on any atom is 0.254 e. The van der Waals surface area contributed by atoms with E-state index in [9.17, 15) is 9.59 Å². The van der Waals surface area contributed by atoms with Crippen LogP contribution >= 0.6 is 11.8 Å². The lowest BCUT2D eigenvalue weighted by Crippen LogP contribution is -2.55. The van der Waals surface area contributed by atoms with Gasteiger partial charge in [0.1, 0.15) is 5.75 Å². The molecule has 10 nitrogen and oxygen atoms in total. The van der Waals surface area contributed by atoms with Crippen LogP contribution in [0, 0.1) is 0 Å². The first-order chi connectivity index (χ1) is 21.5. The molecule has 3 heterocycles. The minimum absolute atomic E-state index is 0.0576. The van der Waals surface area contributed by atoms with Crippen molar-refractivity contribution in [1.29, 1.82) is 0 Å². The Morgan fingerprint density at radius 3 is 2.52 bits per heavy atom. The number of carbonyl (C=O) groups is 2. The van der Waals surface area contributed by atoms with Crippen LogP contribution in [-0.2, 0) is 4.79 Å². The van der Waals surface area contributed by atoms with E-state index in [0.29, 0.717) is 43.1 Å². The van der Waals surface area contributed by atoms with Gasteiger partial charge in [-0.3, -0.25) is 14.2 Å². The van der Waals surface area contributed by atoms with E-state index in [0.717, 1.165) is 46.6 Å². The Morgan fingerprint density at radius 1 is 0.955 bits per heavy atom. The lowest BCUT2D eigenvalue weighted by molar-refractivity contribution is -0.133. The molecule has 1 saturated heterocycles. The van der Waals surface area contributed by atoms with E-state index in [2.05, 4.69) is 14.8 Å². The highest BCUT2D eigenvalue weighted by atomic mass is 32.2. The SMILES string of the molecule is COc1ccc(-n2c(SCCCCC(=O)N3CCN(C(=O)c4ccc5c(c4)OCO5)C(C)C3)nnc2-c2ccccc2)cc1. The monoisotopic (exact) mass is 613 g/mol. The van der Waals surface area contributed by atoms with Gasteiger partial charge in [0.05, 0.1) is 7.11 Å². The number of fused-ring (bicyclic) bond motifs is 1. The molecule has 0 bridgehead atoms. The number of benzene rings is 3. The average molecular weight is 614 g/mol. The van der Waals surface area contributed by atoms with E-state index in [1.165, 1.54) is 0 Å². The van der Waals surface area contributed by atoms with Gasteiger partial charge >= 0.3 is 0 Å². The van der Waals surface area contributed by atoms with E-state index < -0.39 is 0 Å². The first-order valence-electron chi connectivity index (χ1n) is 14.8. The fourth-order valence-corrected chi connectivity index (χ4v) is 6.43. The average Bonchev–Trinajstić information content (AvgIpc) is 3.71. The standard InChI is InChI=1S/C33H35N5O5S/c1-23-21-36(17-18-37(23)32(40)25-11-16-28-29(20-25)43-22-42-28)30(39)10-6-7-19-44-33-35-34-31(24-8-4-3-5-9-24)38(33)26-12-14-27(41-2)15-13-26/h3-5,8-9,11-16,20,23H,6-7,10,17-19,21-22H2,1-2H3. The third kappa shape index (κ3) is 6.37. The zero-order chi connectivity index (χ0) is 30.5. The summed E-state index contributed by atoms with van der Waals surface area (Å²) in [6, 6.07) is 23.1. The molecule has 4 aromatic rings. The van der Waals surface area contributed by atoms with Gasteiger partial charge in [0, 0.05) is 54.7 Å². The van der Waals surface area contributed by atoms with Crippen LogP contribution in [-0.4, -0.2) is 81.7 Å². The highest BCUT2D eigenvalue weighted by molar-refractivity contribution is 7.99. The normalized spacial score (nSPS) is 15.8. The van der Waals surface area contributed by atoms with Gasteiger partial charge in [0.2, 0.25) is 12.7 Å². The van der Waals surface area contributed by atoms with Crippen molar-refractivity contribution in [3.8, 4) is 34.3 Å². The smallest absolute Gasteiger partial charge is 0.254 e. The number of hydrogen-bond donors (Lipinski definition) is 0. The zero-order valence-electron chi connectivity index (χ0n) is 24.8. The molecule has 1 unspecified atom stereocenters. The van der Waals surface area contributed by atoms with Crippen LogP contribution < -0.4 is 14.2 Å². The molecule has 2 aliphatic rings. The quantitative estimate of drug-likeness (QED) is 0.175. The summed E-state index contributed by atoms with van der Waals surface area (Å²) in [4.78, 5) is 29.9. The van der Waals surface area contributed by atoms with E-state index >= 15 is 0 Å². The number of carbonyl (C=O) groups excluding carboxylic acids is 2. The number of amides is 2. The molecule has 0 aliphatic carbocycles. The summed E-state index contributed by atoms with van der Waals surface area (Å²) in [6.07, 6.45) is 2.12. The number of thioether (sulfide) groups is 1. The zero-order valence-corrected chi connectivity index (χ0v) is 25.7. The summed E-state index contributed by atoms with van der Waals surface area (Å²) in [6.45, 7) is 3.71. The number of ether oxygens (including phenoxy) is 3. The van der Waals surface area contributed by atoms with Crippen molar-refractivity contribution >= 4 is 23.6 Å². The van der Waals surface area contributed by atoms with Crippen LogP contribution in [0.5, 0.6) is 17.2 Å². The predicted octanol–water partition coefficient (Wildman–Crippen LogP) is 5.31. The number of hydrogen-bond acceptors (Lipinski definition) is 8. The first kappa shape index (κ1) is 29.6. The molecule has 1 fully saturated rings. The molecule has 3 aromatic carbocycles. The Morgan fingerprint density at radius 2 is 1.75 bits per heavy atom. The molecule has 0 N–H and O–H groups in total. The van der Waals surface area contributed by atoms with Crippen LogP contribution in [0.3, 0.4) is 0 Å². The Bertz CT molecular complexity index is 1610. The number of methoxy groups -OCH3 is 1. The summed E-state index contributed by atoms with van der Waals surface area (Å²) >= 11 is 1.64. The highest BCUT2D eigenvalue weighted by Crippen LogP contribution is 2.33. The molecular formula is C33H35N5O5S. The van der Waals surface area contributed by atoms with Crippen molar-refractivity contribution in [2.24, 2.45) is 0 Å². The lowest BCUT2D eigenvalue weighted by Gasteiger charge is -2.40. The number of rotatable bonds is 10. The van der Waals surface area contributed by atoms with Crippen molar-refractivity contribution < 1.29 is 23.8 Å². The minimum Gasteiger partial charge on any atom is -0.497 e. The summed E-state index contributed by atoms with van der Waals surface area (Å²) in [5, 5.41) is 9.83. The first-order valence-corrected chi connectivity index (χ1v) is 15.8. The fourth-order valence-electron chi connectivity index (χ4n) is 5.48. The third-order valence-electron chi connectivity index (χ3n) is 7.87. The summed E-state index contributed by atoms with van der Waals surface area (Å²) in [5.74, 6) is 3.69. The Kier molecular flexibility index (Phi) is 9.02. The number of aromatic nitrogens is 3. The second-order valence-electron chi connectivity index (χ2n) is 10.8. The van der Waals surface area contributed by atoms with Gasteiger partial charge in [-0.1, -0.05) is 42.1 Å². The van der Waals surface area contributed by atoms with Gasteiger partial charge < -0.3 is 24.0 Å². The predicted molar refractivity (Wildman–Crippen MR) is 168 cm³/mol. The number of nitrogens with zero attached hydrogens (tertiary/aromatic N) is 5. The highest BCUT2D eigenvalue weighted by Gasteiger charge is 2.31. The van der Waals surface area contributed by atoms with Crippen molar-refractivity contribution in [3.63, 3.8) is 0 Å². The fraction of sp³-hybridized carbons (Fsp3) is 0.333. The lowest BCUT2D eigenvalue weighted by atomic mass is 10.1. The van der Waals surface area contributed by atoms with Crippen LogP contribution in [0.15, 0.2) is 78.0 Å². The van der Waals surface area contributed by atoms with Crippen LogP contribution in [0.4, 0.5) is 0 Å². The summed E-state index contributed by atoms with van der Waals surface area (Å²) < 4.78 is 18.2. The second-order valence-corrected chi connectivity index (χ2v) is 11.8. The molecule has 6 rings (SSSR count). The maximum atomic E-state index is 13.2. The van der Waals surface area contributed by atoms with Gasteiger partial charge in [-0.25, -0.2) is 0 Å². The molecule has 1 aromatic heterocycles. The van der Waals surface area contributed by atoms with Crippen molar-refractivity contribution in [2.75, 3.05) is 39.3 Å². The largest absolute Gasteiger partial charge is 0.497 e. The van der Waals surface area contributed by atoms with Crippen molar-refractivity contribution in [2.45, 2.75) is 37.4 Å². The Labute approximate surface area is 260 Å². The van der Waals surface area contributed by atoms with Crippen molar-refractivity contribution in [1.82, 2.24) is 24.6 Å². The third-order valence-corrected chi connectivity index (χ3v) is 8.89. The Hall–Kier alpha value is -4.51. The van der Waals surface area contributed by atoms with E-state index in [1.807, 2.05) is 71.3 Å².